The Morgan fingerprint density at radius 3 is 2.67 bits per heavy atom. The molecule has 0 fully saturated rings. The van der Waals surface area contributed by atoms with E-state index in [1.165, 1.54) is 7.05 Å². The maximum atomic E-state index is 12.5. The van der Waals surface area contributed by atoms with E-state index in [0.29, 0.717) is 42.3 Å². The van der Waals surface area contributed by atoms with E-state index in [0.717, 1.165) is 16.6 Å². The van der Waals surface area contributed by atoms with E-state index in [1.54, 1.807) is 9.25 Å². The maximum Gasteiger partial charge on any atom is 0.332 e. The van der Waals surface area contributed by atoms with Crippen LogP contribution in [-0.2, 0) is 26.7 Å². The van der Waals surface area contributed by atoms with Crippen molar-refractivity contribution >= 4 is 11.2 Å². The van der Waals surface area contributed by atoms with Gasteiger partial charge in [0.25, 0.3) is 5.56 Å². The smallest absolute Gasteiger partial charge is 0.308 e. The van der Waals surface area contributed by atoms with Crippen LogP contribution in [0.3, 0.4) is 0 Å². The Labute approximate surface area is 153 Å². The van der Waals surface area contributed by atoms with Gasteiger partial charge in [-0.05, 0) is 12.0 Å². The first kappa shape index (κ1) is 15.7. The zero-order valence-electron chi connectivity index (χ0n) is 14.7. The van der Waals surface area contributed by atoms with Gasteiger partial charge in [-0.2, -0.15) is 0 Å². The summed E-state index contributed by atoms with van der Waals surface area (Å²) in [5.41, 5.74) is 1.88. The number of imidazole rings is 1. The van der Waals surface area contributed by atoms with Crippen LogP contribution in [0.2, 0.25) is 0 Å². The van der Waals surface area contributed by atoms with E-state index < -0.39 is 0 Å². The second-order valence-corrected chi connectivity index (χ2v) is 6.70. The van der Waals surface area contributed by atoms with Crippen molar-refractivity contribution in [2.75, 3.05) is 0 Å². The highest BCUT2D eigenvalue weighted by atomic mass is 16.2. The first-order chi connectivity index (χ1) is 13.1. The molecule has 0 N–H and O–H groups in total. The highest BCUT2D eigenvalue weighted by Gasteiger charge is 2.25. The molecule has 1 aliphatic rings. The minimum absolute atomic E-state index is 0.296. The van der Waals surface area contributed by atoms with Crippen LogP contribution in [0.1, 0.15) is 12.0 Å². The molecule has 0 spiro atoms. The van der Waals surface area contributed by atoms with Gasteiger partial charge in [0, 0.05) is 20.1 Å². The van der Waals surface area contributed by atoms with Crippen molar-refractivity contribution in [2.24, 2.45) is 7.05 Å². The fourth-order valence-corrected chi connectivity index (χ4v) is 3.62. The number of rotatable bonds is 3. The summed E-state index contributed by atoms with van der Waals surface area (Å²) in [6, 6.07) is 9.98. The third kappa shape index (κ3) is 2.35. The topological polar surface area (TPSA) is 92.5 Å². The van der Waals surface area contributed by atoms with Gasteiger partial charge in [-0.1, -0.05) is 35.5 Å². The Morgan fingerprint density at radius 2 is 1.85 bits per heavy atom. The summed E-state index contributed by atoms with van der Waals surface area (Å²) in [6.45, 7) is 1.86. The summed E-state index contributed by atoms with van der Waals surface area (Å²) in [4.78, 5) is 29.5. The number of aromatic nitrogens is 7. The van der Waals surface area contributed by atoms with E-state index >= 15 is 0 Å². The summed E-state index contributed by atoms with van der Waals surface area (Å²) in [5, 5.41) is 8.44. The summed E-state index contributed by atoms with van der Waals surface area (Å²) in [5.74, 6) is 0.570. The summed E-state index contributed by atoms with van der Waals surface area (Å²) in [7, 11) is 1.48. The predicted molar refractivity (Wildman–Crippen MR) is 98.4 cm³/mol. The van der Waals surface area contributed by atoms with E-state index in [-0.39, 0.29) is 11.2 Å². The van der Waals surface area contributed by atoms with Crippen molar-refractivity contribution in [1.82, 2.24) is 33.7 Å². The van der Waals surface area contributed by atoms with Gasteiger partial charge in [0.2, 0.25) is 0 Å². The van der Waals surface area contributed by atoms with E-state index in [2.05, 4.69) is 15.3 Å². The van der Waals surface area contributed by atoms with Crippen molar-refractivity contribution in [3.8, 4) is 11.5 Å². The van der Waals surface area contributed by atoms with Gasteiger partial charge in [0.1, 0.15) is 5.69 Å². The van der Waals surface area contributed by atoms with Crippen LogP contribution >= 0.6 is 0 Å². The van der Waals surface area contributed by atoms with Crippen LogP contribution in [0.5, 0.6) is 0 Å². The minimum Gasteiger partial charge on any atom is -0.308 e. The van der Waals surface area contributed by atoms with Crippen LogP contribution in [-0.4, -0.2) is 33.7 Å². The third-order valence-electron chi connectivity index (χ3n) is 4.94. The lowest BCUT2D eigenvalue weighted by atomic mass is 10.2. The molecule has 5 rings (SSSR count). The van der Waals surface area contributed by atoms with Crippen LogP contribution < -0.4 is 11.2 Å². The SMILES string of the molecule is Cn1c(=O)c2nc(-c3cn(Cc4ccccc4)nn3)n3c2n(c1=O)CCC3. The Bertz CT molecular complexity index is 1280. The Balaban J connectivity index is 1.65. The standard InChI is InChI=1S/C18H17N7O2/c1-22-17(26)14-16-24(8-5-9-25(16)18(22)27)15(19-14)13-11-23(21-20-13)10-12-6-3-2-4-7-12/h2-4,6-7,11H,5,8-10H2,1H3. The normalized spacial score (nSPS) is 13.4. The molecular weight excluding hydrogens is 346 g/mol. The van der Waals surface area contributed by atoms with Crippen molar-refractivity contribution in [3.05, 3.63) is 62.9 Å². The van der Waals surface area contributed by atoms with Crippen molar-refractivity contribution in [3.63, 3.8) is 0 Å². The monoisotopic (exact) mass is 363 g/mol. The molecule has 0 radical (unpaired) electrons. The van der Waals surface area contributed by atoms with E-state index in [1.807, 2.05) is 41.1 Å². The molecule has 4 aromatic rings. The van der Waals surface area contributed by atoms with Crippen LogP contribution in [0.15, 0.2) is 46.1 Å². The molecule has 4 heterocycles. The summed E-state index contributed by atoms with van der Waals surface area (Å²) < 4.78 is 6.37. The average Bonchev–Trinajstić information content (AvgIpc) is 3.30. The third-order valence-corrected chi connectivity index (χ3v) is 4.94. The molecule has 0 unspecified atom stereocenters. The average molecular weight is 363 g/mol. The lowest BCUT2D eigenvalue weighted by Gasteiger charge is -2.18. The molecule has 9 heteroatoms. The zero-order valence-corrected chi connectivity index (χ0v) is 14.7. The first-order valence-corrected chi connectivity index (χ1v) is 8.78. The van der Waals surface area contributed by atoms with Gasteiger partial charge in [0.15, 0.2) is 17.0 Å². The number of hydrogen-bond donors (Lipinski definition) is 0. The van der Waals surface area contributed by atoms with Gasteiger partial charge >= 0.3 is 5.69 Å². The zero-order chi connectivity index (χ0) is 18.5. The number of benzene rings is 1. The lowest BCUT2D eigenvalue weighted by molar-refractivity contribution is 0.499. The number of nitrogens with zero attached hydrogens (tertiary/aromatic N) is 7. The van der Waals surface area contributed by atoms with E-state index in [9.17, 15) is 9.59 Å². The van der Waals surface area contributed by atoms with Gasteiger partial charge in [-0.25, -0.2) is 14.5 Å². The Kier molecular flexibility index (Phi) is 3.36. The quantitative estimate of drug-likeness (QED) is 0.532. The molecule has 1 aromatic carbocycles. The van der Waals surface area contributed by atoms with Crippen molar-refractivity contribution in [2.45, 2.75) is 26.1 Å². The molecule has 0 saturated heterocycles. The molecule has 27 heavy (non-hydrogen) atoms. The Morgan fingerprint density at radius 1 is 1.07 bits per heavy atom. The van der Waals surface area contributed by atoms with Gasteiger partial charge in [0.05, 0.1) is 12.7 Å². The molecule has 0 bridgehead atoms. The fourth-order valence-electron chi connectivity index (χ4n) is 3.62. The van der Waals surface area contributed by atoms with Gasteiger partial charge in [-0.15, -0.1) is 5.10 Å². The lowest BCUT2D eigenvalue weighted by Crippen LogP contribution is -2.40. The van der Waals surface area contributed by atoms with Gasteiger partial charge < -0.3 is 4.57 Å². The Hall–Kier alpha value is -3.49. The molecule has 9 nitrogen and oxygen atoms in total. The first-order valence-electron chi connectivity index (χ1n) is 8.78. The van der Waals surface area contributed by atoms with Crippen LogP contribution in [0.4, 0.5) is 0 Å². The molecule has 0 saturated carbocycles. The highest BCUT2D eigenvalue weighted by Crippen LogP contribution is 2.24. The highest BCUT2D eigenvalue weighted by molar-refractivity contribution is 5.76. The minimum atomic E-state index is -0.384. The summed E-state index contributed by atoms with van der Waals surface area (Å²) in [6.07, 6.45) is 2.61. The molecule has 0 aliphatic carbocycles. The molecule has 0 amide bonds. The molecule has 0 atom stereocenters. The van der Waals surface area contributed by atoms with Crippen molar-refractivity contribution in [1.29, 1.82) is 0 Å². The van der Waals surface area contributed by atoms with Crippen LogP contribution in [0, 0.1) is 0 Å². The predicted octanol–water partition coefficient (Wildman–Crippen LogP) is 0.607. The maximum absolute atomic E-state index is 12.5. The molecule has 136 valence electrons. The molecular formula is C18H17N7O2. The number of aryl methyl sites for hydroxylation is 2. The fraction of sp³-hybridized carbons (Fsp3) is 0.278. The second-order valence-electron chi connectivity index (χ2n) is 6.70. The largest absolute Gasteiger partial charge is 0.332 e. The molecule has 1 aliphatic heterocycles. The second kappa shape index (κ2) is 5.76. The summed E-state index contributed by atoms with van der Waals surface area (Å²) >= 11 is 0. The number of hydrogen-bond acceptors (Lipinski definition) is 5. The van der Waals surface area contributed by atoms with Crippen molar-refractivity contribution < 1.29 is 0 Å². The molecule has 3 aromatic heterocycles. The van der Waals surface area contributed by atoms with E-state index in [4.69, 9.17) is 0 Å². The van der Waals surface area contributed by atoms with Crippen LogP contribution in [0.25, 0.3) is 22.7 Å². The van der Waals surface area contributed by atoms with Gasteiger partial charge in [-0.3, -0.25) is 13.9 Å².